The fourth-order valence-electron chi connectivity index (χ4n) is 2.87. The van der Waals surface area contributed by atoms with Gasteiger partial charge < -0.3 is 19.8 Å². The van der Waals surface area contributed by atoms with Gasteiger partial charge in [-0.05, 0) is 43.7 Å². The minimum atomic E-state index is -0.542. The first-order valence-electron chi connectivity index (χ1n) is 10.2. The Bertz CT molecular complexity index is 1310. The summed E-state index contributed by atoms with van der Waals surface area (Å²) in [6, 6.07) is 14.6. The number of anilines is 1. The Morgan fingerprint density at radius 2 is 1.58 bits per heavy atom. The maximum absolute atomic E-state index is 11.9. The molecule has 3 aromatic rings. The molecular formula is C25H26N2O7S2. The highest BCUT2D eigenvalue weighted by Crippen LogP contribution is 2.25. The van der Waals surface area contributed by atoms with Crippen molar-refractivity contribution >= 4 is 58.2 Å². The zero-order valence-electron chi connectivity index (χ0n) is 20.4. The lowest BCUT2D eigenvalue weighted by molar-refractivity contribution is -0.191. The van der Waals surface area contributed by atoms with E-state index in [9.17, 15) is 14.4 Å². The molecule has 0 unspecified atom stereocenters. The molecule has 190 valence electrons. The minimum absolute atomic E-state index is 0.173. The van der Waals surface area contributed by atoms with Gasteiger partial charge in [0, 0.05) is 33.0 Å². The quantitative estimate of drug-likeness (QED) is 0.269. The number of nitrogens with one attached hydrogen (secondary N) is 2. The number of ether oxygens (including phenoxy) is 2. The lowest BCUT2D eigenvalue weighted by Gasteiger charge is -2.10. The zero-order chi connectivity index (χ0) is 27.1. The Labute approximate surface area is 216 Å². The number of esters is 2. The summed E-state index contributed by atoms with van der Waals surface area (Å²) < 4.78 is 9.15. The number of benzene rings is 2. The maximum Gasteiger partial charge on any atom is 0.373 e. The molecule has 11 heteroatoms. The van der Waals surface area contributed by atoms with E-state index >= 15 is 0 Å². The van der Waals surface area contributed by atoms with Gasteiger partial charge in [0.2, 0.25) is 0 Å². The molecule has 0 amide bonds. The van der Waals surface area contributed by atoms with Crippen molar-refractivity contribution in [2.75, 3.05) is 32.0 Å². The summed E-state index contributed by atoms with van der Waals surface area (Å²) in [5.41, 5.74) is 2.41. The topological polar surface area (TPSA) is 132 Å². The lowest BCUT2D eigenvalue weighted by Crippen LogP contribution is -2.11. The van der Waals surface area contributed by atoms with Crippen LogP contribution in [-0.4, -0.2) is 49.8 Å². The van der Waals surface area contributed by atoms with Gasteiger partial charge in [-0.1, -0.05) is 18.2 Å². The Kier molecular flexibility index (Phi) is 13.4. The molecule has 9 nitrogen and oxygen atoms in total. The SMILES string of the molecule is COC(=O)/C=C(\C)Nc1ccccc1SC.COC(=O)c1cc(=O)c2cccc(SC)c2[nH]1.O=C=O. The molecule has 0 spiro atoms. The van der Waals surface area contributed by atoms with Gasteiger partial charge in [-0.15, -0.1) is 23.5 Å². The van der Waals surface area contributed by atoms with Gasteiger partial charge in [0.05, 0.1) is 25.4 Å². The molecule has 0 aliphatic rings. The van der Waals surface area contributed by atoms with Crippen LogP contribution in [0.2, 0.25) is 0 Å². The average molecular weight is 531 g/mol. The molecular weight excluding hydrogens is 504 g/mol. The molecule has 1 heterocycles. The molecule has 3 rings (SSSR count). The monoisotopic (exact) mass is 530 g/mol. The van der Waals surface area contributed by atoms with Crippen LogP contribution in [0, 0.1) is 0 Å². The van der Waals surface area contributed by atoms with E-state index in [1.165, 1.54) is 38.1 Å². The molecule has 1 aromatic heterocycles. The van der Waals surface area contributed by atoms with E-state index in [0.29, 0.717) is 10.9 Å². The van der Waals surface area contributed by atoms with Gasteiger partial charge in [-0.2, -0.15) is 9.59 Å². The molecule has 0 bridgehead atoms. The average Bonchev–Trinajstić information content (AvgIpc) is 2.88. The first-order valence-corrected chi connectivity index (χ1v) is 12.6. The fraction of sp³-hybridized carbons (Fsp3) is 0.200. The summed E-state index contributed by atoms with van der Waals surface area (Å²) in [5.74, 6) is -0.897. The molecule has 2 N–H and O–H groups in total. The maximum atomic E-state index is 11.9. The van der Waals surface area contributed by atoms with Crippen molar-refractivity contribution in [3.8, 4) is 0 Å². The second kappa shape index (κ2) is 16.0. The largest absolute Gasteiger partial charge is 0.466 e. The molecule has 36 heavy (non-hydrogen) atoms. The van der Waals surface area contributed by atoms with Crippen LogP contribution in [0.15, 0.2) is 74.9 Å². The van der Waals surface area contributed by atoms with Crippen molar-refractivity contribution < 1.29 is 28.7 Å². The number of H-pyrrole nitrogens is 1. The Morgan fingerprint density at radius 1 is 0.972 bits per heavy atom. The number of aromatic nitrogens is 1. The van der Waals surface area contributed by atoms with Crippen molar-refractivity contribution in [1.29, 1.82) is 0 Å². The summed E-state index contributed by atoms with van der Waals surface area (Å²) in [5, 5.41) is 3.74. The second-order valence-electron chi connectivity index (χ2n) is 6.68. The van der Waals surface area contributed by atoms with Gasteiger partial charge >= 0.3 is 18.1 Å². The molecule has 0 saturated carbocycles. The third-order valence-electron chi connectivity index (χ3n) is 4.43. The molecule has 0 aliphatic carbocycles. The third kappa shape index (κ3) is 9.10. The van der Waals surface area contributed by atoms with Crippen LogP contribution in [0.3, 0.4) is 0 Å². The van der Waals surface area contributed by atoms with Crippen molar-refractivity contribution in [3.63, 3.8) is 0 Å². The highest BCUT2D eigenvalue weighted by molar-refractivity contribution is 7.99. The van der Waals surface area contributed by atoms with Crippen molar-refractivity contribution in [3.05, 3.63) is 76.2 Å². The van der Waals surface area contributed by atoms with Gasteiger partial charge in [0.1, 0.15) is 5.69 Å². The molecule has 0 fully saturated rings. The van der Waals surface area contributed by atoms with Gasteiger partial charge in [-0.3, -0.25) is 4.79 Å². The van der Waals surface area contributed by atoms with E-state index in [4.69, 9.17) is 9.59 Å². The first kappa shape index (κ1) is 30.2. The molecule has 0 radical (unpaired) electrons. The molecule has 0 atom stereocenters. The van der Waals surface area contributed by atoms with Crippen LogP contribution in [0.1, 0.15) is 17.4 Å². The summed E-state index contributed by atoms with van der Waals surface area (Å²) in [7, 11) is 2.65. The van der Waals surface area contributed by atoms with E-state index < -0.39 is 5.97 Å². The van der Waals surface area contributed by atoms with Crippen LogP contribution in [-0.2, 0) is 23.9 Å². The smallest absolute Gasteiger partial charge is 0.373 e. The predicted molar refractivity (Wildman–Crippen MR) is 140 cm³/mol. The summed E-state index contributed by atoms with van der Waals surface area (Å²) in [6.45, 7) is 1.83. The van der Waals surface area contributed by atoms with Crippen LogP contribution in [0.4, 0.5) is 5.69 Å². The number of carbonyl (C=O) groups is 2. The van der Waals surface area contributed by atoms with E-state index in [1.807, 2.05) is 55.8 Å². The van der Waals surface area contributed by atoms with E-state index in [2.05, 4.69) is 19.8 Å². The summed E-state index contributed by atoms with van der Waals surface area (Å²) in [4.78, 5) is 55.5. The van der Waals surface area contributed by atoms with E-state index in [1.54, 1.807) is 17.8 Å². The third-order valence-corrected chi connectivity index (χ3v) is 6.00. The second-order valence-corrected chi connectivity index (χ2v) is 8.38. The number of aromatic amines is 1. The number of pyridine rings is 1. The number of hydrogen-bond donors (Lipinski definition) is 2. The van der Waals surface area contributed by atoms with Crippen molar-refractivity contribution in [2.24, 2.45) is 0 Å². The van der Waals surface area contributed by atoms with Crippen LogP contribution in [0.25, 0.3) is 10.9 Å². The van der Waals surface area contributed by atoms with Crippen LogP contribution >= 0.6 is 23.5 Å². The van der Waals surface area contributed by atoms with E-state index in [0.717, 1.165) is 21.2 Å². The standard InChI is InChI=1S/C12H11NO3S.C12H15NO2S.CO2/c1-16-12(15)8-6-9(14)7-4-3-5-10(17-2)11(7)13-8;1-9(8-12(14)15-2)13-10-6-4-5-7-11(10)16-3;2-1-3/h3-6H,1-2H3,(H,13,14);4-8,13H,1-3H3;/b;9-8+;. The number of fused-ring (bicyclic) bond motifs is 1. The van der Waals surface area contributed by atoms with Gasteiger partial charge in [0.25, 0.3) is 0 Å². The number of thioether (sulfide) groups is 2. The number of carbonyl (C=O) groups excluding carboxylic acids is 4. The molecule has 2 aromatic carbocycles. The Balaban J connectivity index is 0.000000325. The zero-order valence-corrected chi connectivity index (χ0v) is 22.0. The summed E-state index contributed by atoms with van der Waals surface area (Å²) >= 11 is 3.17. The molecule has 0 saturated heterocycles. The Hall–Kier alpha value is -3.79. The first-order chi connectivity index (χ1) is 17.3. The van der Waals surface area contributed by atoms with Crippen LogP contribution < -0.4 is 10.7 Å². The van der Waals surface area contributed by atoms with Gasteiger partial charge in [-0.25, -0.2) is 9.59 Å². The Morgan fingerprint density at radius 3 is 2.17 bits per heavy atom. The minimum Gasteiger partial charge on any atom is -0.466 e. The fourth-order valence-corrected chi connectivity index (χ4v) is 4.00. The molecule has 0 aliphatic heterocycles. The lowest BCUT2D eigenvalue weighted by atomic mass is 10.2. The van der Waals surface area contributed by atoms with Gasteiger partial charge in [0.15, 0.2) is 5.43 Å². The highest BCUT2D eigenvalue weighted by Gasteiger charge is 2.11. The number of hydrogen-bond acceptors (Lipinski definition) is 10. The van der Waals surface area contributed by atoms with Crippen molar-refractivity contribution in [1.82, 2.24) is 4.98 Å². The number of allylic oxidation sites excluding steroid dienone is 1. The van der Waals surface area contributed by atoms with Crippen LogP contribution in [0.5, 0.6) is 0 Å². The highest BCUT2D eigenvalue weighted by atomic mass is 32.2. The number of para-hydroxylation sites is 2. The predicted octanol–water partition coefficient (Wildman–Crippen LogP) is 4.35. The summed E-state index contributed by atoms with van der Waals surface area (Å²) in [6.07, 6.45) is 5.61. The number of rotatable bonds is 6. The van der Waals surface area contributed by atoms with Crippen molar-refractivity contribution in [2.45, 2.75) is 16.7 Å². The van der Waals surface area contributed by atoms with E-state index in [-0.39, 0.29) is 23.2 Å². The normalized spacial score (nSPS) is 10.1. The number of methoxy groups -OCH3 is 2.